The maximum Gasteiger partial charge on any atom is 0.262 e. The Bertz CT molecular complexity index is 1050. The molecule has 0 aliphatic carbocycles. The molecule has 4 heteroatoms. The van der Waals surface area contributed by atoms with Gasteiger partial charge in [-0.2, -0.15) is 0 Å². The van der Waals surface area contributed by atoms with Gasteiger partial charge >= 0.3 is 0 Å². The SMILES string of the molecule is O=C1/C(=C/c2ccc(Br)cc2)C=C(c2ccccc2)N1c1cccc(Br)c1. The van der Waals surface area contributed by atoms with E-state index in [4.69, 9.17) is 0 Å². The fourth-order valence-electron chi connectivity index (χ4n) is 3.05. The van der Waals surface area contributed by atoms with E-state index in [0.29, 0.717) is 5.57 Å². The topological polar surface area (TPSA) is 20.3 Å². The number of carbonyl (C=O) groups is 1. The van der Waals surface area contributed by atoms with Gasteiger partial charge in [0, 0.05) is 14.5 Å². The van der Waals surface area contributed by atoms with Gasteiger partial charge in [0.05, 0.1) is 11.4 Å². The number of nitrogens with zero attached hydrogens (tertiary/aromatic N) is 1. The summed E-state index contributed by atoms with van der Waals surface area (Å²) >= 11 is 6.95. The zero-order chi connectivity index (χ0) is 18.8. The second kappa shape index (κ2) is 7.67. The van der Waals surface area contributed by atoms with E-state index in [9.17, 15) is 4.79 Å². The summed E-state index contributed by atoms with van der Waals surface area (Å²) < 4.78 is 1.95. The molecule has 0 radical (unpaired) electrons. The number of halogens is 2. The van der Waals surface area contributed by atoms with Crippen LogP contribution in [0.15, 0.2) is 99.5 Å². The highest BCUT2D eigenvalue weighted by Gasteiger charge is 2.30. The molecule has 0 N–H and O–H groups in total. The van der Waals surface area contributed by atoms with Crippen LogP contribution < -0.4 is 4.90 Å². The molecule has 3 aromatic rings. The van der Waals surface area contributed by atoms with Gasteiger partial charge in [-0.15, -0.1) is 0 Å². The number of benzene rings is 3. The summed E-state index contributed by atoms with van der Waals surface area (Å²) in [5.41, 5.74) is 4.37. The van der Waals surface area contributed by atoms with Crippen molar-refractivity contribution in [3.05, 3.63) is 111 Å². The molecular formula is C23H15Br2NO. The van der Waals surface area contributed by atoms with Crippen LogP contribution in [-0.2, 0) is 4.79 Å². The molecule has 0 fully saturated rings. The summed E-state index contributed by atoms with van der Waals surface area (Å²) in [5, 5.41) is 0. The molecule has 0 unspecified atom stereocenters. The van der Waals surface area contributed by atoms with Crippen molar-refractivity contribution >= 4 is 55.2 Å². The minimum absolute atomic E-state index is 0.0325. The second-order valence-electron chi connectivity index (χ2n) is 6.17. The van der Waals surface area contributed by atoms with Crippen molar-refractivity contribution in [2.24, 2.45) is 0 Å². The summed E-state index contributed by atoms with van der Waals surface area (Å²) in [6, 6.07) is 25.7. The Morgan fingerprint density at radius 3 is 2.22 bits per heavy atom. The van der Waals surface area contributed by atoms with Crippen LogP contribution >= 0.6 is 31.9 Å². The van der Waals surface area contributed by atoms with Crippen molar-refractivity contribution in [3.8, 4) is 0 Å². The Morgan fingerprint density at radius 1 is 0.778 bits per heavy atom. The lowest BCUT2D eigenvalue weighted by Gasteiger charge is -2.21. The van der Waals surface area contributed by atoms with E-state index < -0.39 is 0 Å². The van der Waals surface area contributed by atoms with Gasteiger partial charge in [0.2, 0.25) is 0 Å². The number of amides is 1. The fourth-order valence-corrected chi connectivity index (χ4v) is 3.70. The summed E-state index contributed by atoms with van der Waals surface area (Å²) in [7, 11) is 0. The first-order valence-electron chi connectivity index (χ1n) is 8.46. The number of carbonyl (C=O) groups excluding carboxylic acids is 1. The van der Waals surface area contributed by atoms with Gasteiger partial charge in [0.25, 0.3) is 5.91 Å². The van der Waals surface area contributed by atoms with Crippen LogP contribution in [0.25, 0.3) is 11.8 Å². The summed E-state index contributed by atoms with van der Waals surface area (Å²) in [5.74, 6) is -0.0325. The highest BCUT2D eigenvalue weighted by atomic mass is 79.9. The quantitative estimate of drug-likeness (QED) is 0.382. The fraction of sp³-hybridized carbons (Fsp3) is 0. The summed E-state index contributed by atoms with van der Waals surface area (Å²) in [6.07, 6.45) is 3.89. The van der Waals surface area contributed by atoms with Crippen molar-refractivity contribution in [2.45, 2.75) is 0 Å². The van der Waals surface area contributed by atoms with Crippen molar-refractivity contribution in [1.29, 1.82) is 0 Å². The van der Waals surface area contributed by atoms with E-state index in [2.05, 4.69) is 31.9 Å². The predicted octanol–water partition coefficient (Wildman–Crippen LogP) is 6.68. The van der Waals surface area contributed by atoms with Crippen LogP contribution in [0.1, 0.15) is 11.1 Å². The van der Waals surface area contributed by atoms with Crippen LogP contribution in [0.2, 0.25) is 0 Å². The molecule has 132 valence electrons. The zero-order valence-corrected chi connectivity index (χ0v) is 17.4. The van der Waals surface area contributed by atoms with Gasteiger partial charge in [-0.1, -0.05) is 80.4 Å². The summed E-state index contributed by atoms with van der Waals surface area (Å²) in [4.78, 5) is 15.0. The van der Waals surface area contributed by atoms with Crippen LogP contribution in [0, 0.1) is 0 Å². The first-order valence-corrected chi connectivity index (χ1v) is 10.0. The smallest absolute Gasteiger partial charge is 0.262 e. The highest BCUT2D eigenvalue weighted by Crippen LogP contribution is 2.36. The molecule has 0 aromatic heterocycles. The maximum atomic E-state index is 13.3. The van der Waals surface area contributed by atoms with Crippen molar-refractivity contribution in [3.63, 3.8) is 0 Å². The molecule has 4 rings (SSSR count). The van der Waals surface area contributed by atoms with Crippen LogP contribution in [0.5, 0.6) is 0 Å². The van der Waals surface area contributed by atoms with E-state index in [0.717, 1.165) is 31.5 Å². The van der Waals surface area contributed by atoms with E-state index >= 15 is 0 Å². The van der Waals surface area contributed by atoms with Crippen molar-refractivity contribution < 1.29 is 4.79 Å². The number of anilines is 1. The molecule has 0 saturated carbocycles. The Kier molecular flexibility index (Phi) is 5.10. The average molecular weight is 481 g/mol. The Labute approximate surface area is 175 Å². The Hall–Kier alpha value is -2.43. The molecule has 3 aromatic carbocycles. The minimum atomic E-state index is -0.0325. The highest BCUT2D eigenvalue weighted by molar-refractivity contribution is 9.10. The Balaban J connectivity index is 1.82. The number of rotatable bonds is 3. The third-order valence-corrected chi connectivity index (χ3v) is 5.33. The van der Waals surface area contributed by atoms with Gasteiger partial charge in [-0.25, -0.2) is 0 Å². The van der Waals surface area contributed by atoms with Gasteiger partial charge in [-0.3, -0.25) is 9.69 Å². The third kappa shape index (κ3) is 3.82. The first kappa shape index (κ1) is 18.0. The lowest BCUT2D eigenvalue weighted by Crippen LogP contribution is -2.24. The molecule has 0 atom stereocenters. The normalized spacial score (nSPS) is 15.3. The average Bonchev–Trinajstić information content (AvgIpc) is 3.01. The first-order chi connectivity index (χ1) is 13.1. The molecular weight excluding hydrogens is 466 g/mol. The van der Waals surface area contributed by atoms with Gasteiger partial charge < -0.3 is 0 Å². The zero-order valence-electron chi connectivity index (χ0n) is 14.3. The van der Waals surface area contributed by atoms with E-state index in [-0.39, 0.29) is 5.91 Å². The number of hydrogen-bond acceptors (Lipinski definition) is 1. The van der Waals surface area contributed by atoms with Crippen LogP contribution in [0.3, 0.4) is 0 Å². The minimum Gasteiger partial charge on any atom is -0.276 e. The molecule has 2 nitrogen and oxygen atoms in total. The molecule has 1 amide bonds. The second-order valence-corrected chi connectivity index (χ2v) is 8.00. The van der Waals surface area contributed by atoms with Gasteiger partial charge in [0.15, 0.2) is 0 Å². The Morgan fingerprint density at radius 2 is 1.52 bits per heavy atom. The van der Waals surface area contributed by atoms with Crippen LogP contribution in [-0.4, -0.2) is 5.91 Å². The largest absolute Gasteiger partial charge is 0.276 e. The standard InChI is InChI=1S/C23H15Br2NO/c24-19-11-9-16(10-12-19)13-18-14-22(17-5-2-1-3-6-17)26(23(18)27)21-8-4-7-20(25)15-21/h1-15H/b18-13+. The van der Waals surface area contributed by atoms with Crippen LogP contribution in [0.4, 0.5) is 5.69 Å². The third-order valence-electron chi connectivity index (χ3n) is 4.31. The van der Waals surface area contributed by atoms with E-state index in [1.165, 1.54) is 0 Å². The predicted molar refractivity (Wildman–Crippen MR) is 118 cm³/mol. The molecule has 27 heavy (non-hydrogen) atoms. The lowest BCUT2D eigenvalue weighted by atomic mass is 10.1. The van der Waals surface area contributed by atoms with Gasteiger partial charge in [-0.05, 0) is 53.6 Å². The number of hydrogen-bond donors (Lipinski definition) is 0. The molecule has 1 heterocycles. The van der Waals surface area contributed by atoms with Gasteiger partial charge in [0.1, 0.15) is 0 Å². The molecule has 1 aliphatic heterocycles. The monoisotopic (exact) mass is 479 g/mol. The molecule has 0 spiro atoms. The molecule has 0 saturated heterocycles. The maximum absolute atomic E-state index is 13.3. The molecule has 1 aliphatic rings. The molecule has 0 bridgehead atoms. The summed E-state index contributed by atoms with van der Waals surface area (Å²) in [6.45, 7) is 0. The van der Waals surface area contributed by atoms with Crippen molar-refractivity contribution in [2.75, 3.05) is 4.90 Å². The van der Waals surface area contributed by atoms with Crippen molar-refractivity contribution in [1.82, 2.24) is 0 Å². The lowest BCUT2D eigenvalue weighted by molar-refractivity contribution is -0.113. The van der Waals surface area contributed by atoms with E-state index in [1.54, 1.807) is 4.90 Å². The van der Waals surface area contributed by atoms with E-state index in [1.807, 2.05) is 91.0 Å².